The SMILES string of the molecule is CC/C=C\C/C=C\C/C=C\C/C=C\C/C=C\C/C=C\C/C=C\CCCCCCCCCCCCCC(=O)OCC(COC(=O)CCCCCCCCCCCCCC)OC(=O)CCCCCCCCCCCCCCCC. The minimum atomic E-state index is -0.773. The highest BCUT2D eigenvalue weighted by Crippen LogP contribution is 2.17. The van der Waals surface area contributed by atoms with Gasteiger partial charge in [-0.25, -0.2) is 0 Å². The first-order valence-electron chi connectivity index (χ1n) is 33.1. The Hall–Kier alpha value is -3.41. The van der Waals surface area contributed by atoms with E-state index in [1.54, 1.807) is 0 Å². The molecule has 0 bridgehead atoms. The van der Waals surface area contributed by atoms with Crippen molar-refractivity contribution < 1.29 is 28.6 Å². The third kappa shape index (κ3) is 63.3. The second-order valence-electron chi connectivity index (χ2n) is 22.0. The number of hydrogen-bond acceptors (Lipinski definition) is 6. The lowest BCUT2D eigenvalue weighted by Gasteiger charge is -2.18. The molecule has 0 rings (SSSR count). The predicted molar refractivity (Wildman–Crippen MR) is 334 cm³/mol. The van der Waals surface area contributed by atoms with Crippen LogP contribution in [0.4, 0.5) is 0 Å². The molecule has 0 saturated carbocycles. The molecule has 0 spiro atoms. The molecule has 0 saturated heterocycles. The summed E-state index contributed by atoms with van der Waals surface area (Å²) in [6.45, 7) is 6.56. The van der Waals surface area contributed by atoms with Crippen LogP contribution >= 0.6 is 0 Å². The Labute approximate surface area is 477 Å². The molecular formula is C71H124O6. The van der Waals surface area contributed by atoms with Crippen LogP contribution in [0.15, 0.2) is 85.1 Å². The van der Waals surface area contributed by atoms with Crippen LogP contribution < -0.4 is 0 Å². The number of hydrogen-bond donors (Lipinski definition) is 0. The van der Waals surface area contributed by atoms with Crippen molar-refractivity contribution >= 4 is 17.9 Å². The van der Waals surface area contributed by atoms with Crippen molar-refractivity contribution in [1.82, 2.24) is 0 Å². The molecule has 0 radical (unpaired) electrons. The van der Waals surface area contributed by atoms with Crippen molar-refractivity contribution in [3.05, 3.63) is 85.1 Å². The quantitative estimate of drug-likeness (QED) is 0.0261. The molecule has 0 aliphatic heterocycles. The highest BCUT2D eigenvalue weighted by Gasteiger charge is 2.19. The molecule has 0 aliphatic carbocycles. The van der Waals surface area contributed by atoms with Crippen molar-refractivity contribution in [2.45, 2.75) is 335 Å². The summed E-state index contributed by atoms with van der Waals surface area (Å²) in [5.74, 6) is -0.858. The number of ether oxygens (including phenoxy) is 3. The van der Waals surface area contributed by atoms with Crippen LogP contribution in [0.1, 0.15) is 329 Å². The molecule has 0 aromatic rings. The van der Waals surface area contributed by atoms with E-state index in [2.05, 4.69) is 106 Å². The van der Waals surface area contributed by atoms with Crippen molar-refractivity contribution in [3.8, 4) is 0 Å². The van der Waals surface area contributed by atoms with Crippen LogP contribution in [-0.4, -0.2) is 37.2 Å². The van der Waals surface area contributed by atoms with Gasteiger partial charge < -0.3 is 14.2 Å². The molecule has 0 amide bonds. The van der Waals surface area contributed by atoms with Gasteiger partial charge in [0, 0.05) is 19.3 Å². The zero-order valence-corrected chi connectivity index (χ0v) is 51.0. The van der Waals surface area contributed by atoms with Gasteiger partial charge in [-0.1, -0.05) is 318 Å². The Morgan fingerprint density at radius 3 is 0.792 bits per heavy atom. The average molecular weight is 1070 g/mol. The van der Waals surface area contributed by atoms with Gasteiger partial charge in [0.15, 0.2) is 6.10 Å². The molecule has 0 aliphatic rings. The number of carbonyl (C=O) groups excluding carboxylic acids is 3. The first-order chi connectivity index (χ1) is 38.0. The summed E-state index contributed by atoms with van der Waals surface area (Å²) in [5.41, 5.74) is 0. The van der Waals surface area contributed by atoms with E-state index < -0.39 is 6.10 Å². The molecule has 6 heteroatoms. The Morgan fingerprint density at radius 1 is 0.273 bits per heavy atom. The summed E-state index contributed by atoms with van der Waals surface area (Å²) < 4.78 is 16.9. The Balaban J connectivity index is 4.17. The minimum absolute atomic E-state index is 0.0709. The third-order valence-corrected chi connectivity index (χ3v) is 14.4. The number of rotatable bonds is 60. The smallest absolute Gasteiger partial charge is 0.306 e. The van der Waals surface area contributed by atoms with E-state index in [0.29, 0.717) is 19.3 Å². The van der Waals surface area contributed by atoms with Crippen molar-refractivity contribution in [2.24, 2.45) is 0 Å². The molecule has 0 heterocycles. The summed E-state index contributed by atoms with van der Waals surface area (Å²) in [6, 6.07) is 0. The van der Waals surface area contributed by atoms with Crippen LogP contribution in [0.3, 0.4) is 0 Å². The lowest BCUT2D eigenvalue weighted by atomic mass is 10.0. The molecular weight excluding hydrogens is 949 g/mol. The van der Waals surface area contributed by atoms with Gasteiger partial charge in [0.05, 0.1) is 0 Å². The van der Waals surface area contributed by atoms with Gasteiger partial charge in [-0.15, -0.1) is 0 Å². The molecule has 6 nitrogen and oxygen atoms in total. The summed E-state index contributed by atoms with van der Waals surface area (Å²) in [4.78, 5) is 38.2. The lowest BCUT2D eigenvalue weighted by molar-refractivity contribution is -0.167. The second kappa shape index (κ2) is 65.1. The molecule has 0 aromatic carbocycles. The molecule has 77 heavy (non-hydrogen) atoms. The van der Waals surface area contributed by atoms with Gasteiger partial charge in [-0.3, -0.25) is 14.4 Å². The van der Waals surface area contributed by atoms with Crippen LogP contribution in [0, 0.1) is 0 Å². The average Bonchev–Trinajstić information content (AvgIpc) is 3.43. The van der Waals surface area contributed by atoms with E-state index in [4.69, 9.17) is 14.2 Å². The third-order valence-electron chi connectivity index (χ3n) is 14.4. The summed E-state index contributed by atoms with van der Waals surface area (Å²) >= 11 is 0. The fraction of sp³-hybridized carbons (Fsp3) is 0.761. The number of unbranched alkanes of at least 4 members (excludes halogenated alkanes) is 35. The standard InChI is InChI=1S/C71H124O6/c1-4-7-10-13-16-19-22-25-27-28-29-30-31-32-33-34-35-36-37-38-39-40-41-42-43-44-45-47-49-52-55-58-61-64-70(73)76-67-68(66-75-69(72)63-60-57-54-51-48-24-21-18-15-12-9-6-3)77-71(74)65-62-59-56-53-50-46-26-23-20-17-14-11-8-5-2/h7,10,16,19,25,27,29-30,32-33,35-36,38-39,68H,4-6,8-9,11-15,17-18,20-24,26,28,31,34,37,40-67H2,1-3H3/b10-7-,19-16-,27-25-,30-29-,33-32-,36-35-,39-38-. The Bertz CT molecular complexity index is 1470. The van der Waals surface area contributed by atoms with Gasteiger partial charge in [0.2, 0.25) is 0 Å². The molecule has 1 atom stereocenters. The van der Waals surface area contributed by atoms with Gasteiger partial charge in [0.1, 0.15) is 13.2 Å². The van der Waals surface area contributed by atoms with E-state index >= 15 is 0 Å². The zero-order valence-electron chi connectivity index (χ0n) is 51.0. The lowest BCUT2D eigenvalue weighted by Crippen LogP contribution is -2.30. The van der Waals surface area contributed by atoms with E-state index in [-0.39, 0.29) is 31.1 Å². The maximum atomic E-state index is 12.9. The van der Waals surface area contributed by atoms with Crippen LogP contribution in [0.5, 0.6) is 0 Å². The molecule has 0 aromatic heterocycles. The van der Waals surface area contributed by atoms with Crippen molar-refractivity contribution in [3.63, 3.8) is 0 Å². The molecule has 1 unspecified atom stereocenters. The summed E-state index contributed by atoms with van der Waals surface area (Å²) in [5, 5.41) is 0. The van der Waals surface area contributed by atoms with Crippen LogP contribution in [-0.2, 0) is 28.6 Å². The molecule has 0 N–H and O–H groups in total. The first-order valence-corrected chi connectivity index (χ1v) is 33.1. The monoisotopic (exact) mass is 1070 g/mol. The highest BCUT2D eigenvalue weighted by atomic mass is 16.6. The fourth-order valence-electron chi connectivity index (χ4n) is 9.48. The predicted octanol–water partition coefficient (Wildman–Crippen LogP) is 22.7. The van der Waals surface area contributed by atoms with Crippen molar-refractivity contribution in [1.29, 1.82) is 0 Å². The van der Waals surface area contributed by atoms with E-state index in [1.165, 1.54) is 186 Å². The maximum Gasteiger partial charge on any atom is 0.306 e. The number of esters is 3. The van der Waals surface area contributed by atoms with Gasteiger partial charge in [0.25, 0.3) is 0 Å². The van der Waals surface area contributed by atoms with Crippen molar-refractivity contribution in [2.75, 3.05) is 13.2 Å². The Morgan fingerprint density at radius 2 is 0.506 bits per heavy atom. The van der Waals surface area contributed by atoms with E-state index in [1.807, 2.05) is 0 Å². The summed E-state index contributed by atoms with van der Waals surface area (Å²) in [6.07, 6.45) is 86.0. The zero-order chi connectivity index (χ0) is 55.7. The second-order valence-corrected chi connectivity index (χ2v) is 22.0. The maximum absolute atomic E-state index is 12.9. The largest absolute Gasteiger partial charge is 0.462 e. The Kier molecular flexibility index (Phi) is 62.2. The minimum Gasteiger partial charge on any atom is -0.462 e. The van der Waals surface area contributed by atoms with Crippen LogP contribution in [0.2, 0.25) is 0 Å². The number of allylic oxidation sites excluding steroid dienone is 14. The first kappa shape index (κ1) is 73.6. The number of carbonyl (C=O) groups is 3. The molecule has 0 fully saturated rings. The molecule has 444 valence electrons. The summed E-state index contributed by atoms with van der Waals surface area (Å²) in [7, 11) is 0. The highest BCUT2D eigenvalue weighted by molar-refractivity contribution is 5.71. The normalized spacial score (nSPS) is 12.6. The van der Waals surface area contributed by atoms with Gasteiger partial charge in [-0.05, 0) is 77.0 Å². The van der Waals surface area contributed by atoms with Gasteiger partial charge >= 0.3 is 17.9 Å². The van der Waals surface area contributed by atoms with E-state index in [9.17, 15) is 14.4 Å². The topological polar surface area (TPSA) is 78.9 Å². The van der Waals surface area contributed by atoms with Crippen LogP contribution in [0.25, 0.3) is 0 Å². The van der Waals surface area contributed by atoms with Gasteiger partial charge in [-0.2, -0.15) is 0 Å². The van der Waals surface area contributed by atoms with E-state index in [0.717, 1.165) is 103 Å². The fourth-order valence-corrected chi connectivity index (χ4v) is 9.48.